The van der Waals surface area contributed by atoms with Gasteiger partial charge in [-0.15, -0.1) is 0 Å². The standard InChI is InChI=1S/C19H35NO/c1-15(2)20-14-17(16-7-3-4-8-16)13-18-9-12-19(21-18)10-5-6-11-19/h15-18,20H,3-14H2,1-2H3. The highest BCUT2D eigenvalue weighted by Crippen LogP contribution is 2.45. The SMILES string of the molecule is CC(C)NCC(CC1CCC2(CCCC2)O1)C1CCCC1. The van der Waals surface area contributed by atoms with Crippen molar-refractivity contribution in [2.45, 2.75) is 102 Å². The van der Waals surface area contributed by atoms with E-state index in [2.05, 4.69) is 19.2 Å². The smallest absolute Gasteiger partial charge is 0.0687 e. The average Bonchev–Trinajstić information content (AvgIpc) is 3.18. The van der Waals surface area contributed by atoms with Crippen LogP contribution in [0.5, 0.6) is 0 Å². The minimum absolute atomic E-state index is 0.316. The highest BCUT2D eigenvalue weighted by atomic mass is 16.5. The maximum atomic E-state index is 6.58. The minimum atomic E-state index is 0.316. The highest BCUT2D eigenvalue weighted by Gasteiger charge is 2.43. The summed E-state index contributed by atoms with van der Waals surface area (Å²) in [6, 6.07) is 0.611. The van der Waals surface area contributed by atoms with Gasteiger partial charge < -0.3 is 10.1 Å². The van der Waals surface area contributed by atoms with Crippen LogP contribution in [-0.2, 0) is 4.74 Å². The molecular weight excluding hydrogens is 258 g/mol. The van der Waals surface area contributed by atoms with Gasteiger partial charge >= 0.3 is 0 Å². The summed E-state index contributed by atoms with van der Waals surface area (Å²) in [7, 11) is 0. The molecule has 2 unspecified atom stereocenters. The predicted molar refractivity (Wildman–Crippen MR) is 88.5 cm³/mol. The molecule has 0 amide bonds. The van der Waals surface area contributed by atoms with Gasteiger partial charge in [0, 0.05) is 6.04 Å². The van der Waals surface area contributed by atoms with Gasteiger partial charge in [0.05, 0.1) is 11.7 Å². The zero-order valence-electron chi connectivity index (χ0n) is 14.2. The third kappa shape index (κ3) is 4.01. The Kier molecular flexibility index (Phi) is 5.27. The topological polar surface area (TPSA) is 21.3 Å². The summed E-state index contributed by atoms with van der Waals surface area (Å²) in [6.45, 7) is 5.74. The van der Waals surface area contributed by atoms with Crippen molar-refractivity contribution in [2.24, 2.45) is 11.8 Å². The van der Waals surface area contributed by atoms with Crippen LogP contribution in [0.25, 0.3) is 0 Å². The fourth-order valence-electron chi connectivity index (χ4n) is 5.04. The Bertz CT molecular complexity index is 316. The monoisotopic (exact) mass is 293 g/mol. The Hall–Kier alpha value is -0.0800. The molecule has 0 bridgehead atoms. The summed E-state index contributed by atoms with van der Waals surface area (Å²) in [5, 5.41) is 3.70. The van der Waals surface area contributed by atoms with Crippen LogP contribution in [0.3, 0.4) is 0 Å². The van der Waals surface area contributed by atoms with Crippen LogP contribution in [0.4, 0.5) is 0 Å². The van der Waals surface area contributed by atoms with Crippen molar-refractivity contribution < 1.29 is 4.74 Å². The first-order valence-electron chi connectivity index (χ1n) is 9.58. The molecule has 0 aromatic carbocycles. The number of hydrogen-bond donors (Lipinski definition) is 1. The lowest BCUT2D eigenvalue weighted by molar-refractivity contribution is -0.0469. The van der Waals surface area contributed by atoms with Gasteiger partial charge in [-0.25, -0.2) is 0 Å². The van der Waals surface area contributed by atoms with Gasteiger partial charge in [0.15, 0.2) is 0 Å². The Labute approximate surface area is 131 Å². The highest BCUT2D eigenvalue weighted by molar-refractivity contribution is 4.94. The number of rotatable bonds is 6. The van der Waals surface area contributed by atoms with Gasteiger partial charge in [0.1, 0.15) is 0 Å². The molecule has 1 saturated heterocycles. The predicted octanol–water partition coefficient (Wildman–Crippen LogP) is 4.67. The van der Waals surface area contributed by atoms with Crippen molar-refractivity contribution in [2.75, 3.05) is 6.54 Å². The van der Waals surface area contributed by atoms with E-state index in [-0.39, 0.29) is 0 Å². The van der Waals surface area contributed by atoms with E-state index >= 15 is 0 Å². The van der Waals surface area contributed by atoms with Crippen molar-refractivity contribution in [3.05, 3.63) is 0 Å². The molecular formula is C19H35NO. The summed E-state index contributed by atoms with van der Waals surface area (Å²) >= 11 is 0. The fraction of sp³-hybridized carbons (Fsp3) is 1.00. The zero-order valence-corrected chi connectivity index (χ0v) is 14.2. The molecule has 2 heteroatoms. The van der Waals surface area contributed by atoms with E-state index in [1.165, 1.54) is 77.2 Å². The van der Waals surface area contributed by atoms with Crippen LogP contribution < -0.4 is 5.32 Å². The molecule has 2 nitrogen and oxygen atoms in total. The lowest BCUT2D eigenvalue weighted by atomic mass is 9.85. The Morgan fingerprint density at radius 1 is 1.00 bits per heavy atom. The maximum Gasteiger partial charge on any atom is 0.0687 e. The van der Waals surface area contributed by atoms with Gasteiger partial charge in [-0.05, 0) is 50.5 Å². The van der Waals surface area contributed by atoms with E-state index in [0.717, 1.165) is 11.8 Å². The molecule has 2 saturated carbocycles. The van der Waals surface area contributed by atoms with Crippen molar-refractivity contribution in [1.82, 2.24) is 5.32 Å². The molecule has 3 rings (SSSR count). The lowest BCUT2D eigenvalue weighted by Gasteiger charge is -2.29. The summed E-state index contributed by atoms with van der Waals surface area (Å²) in [5.41, 5.74) is 0.316. The third-order valence-corrected chi connectivity index (χ3v) is 6.27. The Morgan fingerprint density at radius 3 is 2.38 bits per heavy atom. The summed E-state index contributed by atoms with van der Waals surface area (Å²) in [6.07, 6.45) is 15.8. The van der Waals surface area contributed by atoms with Crippen molar-refractivity contribution in [1.29, 1.82) is 0 Å². The molecule has 1 N–H and O–H groups in total. The number of ether oxygens (including phenoxy) is 1. The molecule has 0 aromatic rings. The zero-order chi connectivity index (χ0) is 14.7. The quantitative estimate of drug-likeness (QED) is 0.768. The Balaban J connectivity index is 1.53. The first-order chi connectivity index (χ1) is 10.2. The first-order valence-corrected chi connectivity index (χ1v) is 9.58. The molecule has 2 atom stereocenters. The molecule has 122 valence electrons. The third-order valence-electron chi connectivity index (χ3n) is 6.27. The molecule has 1 spiro atoms. The van der Waals surface area contributed by atoms with E-state index < -0.39 is 0 Å². The second-order valence-corrected chi connectivity index (χ2v) is 8.27. The maximum absolute atomic E-state index is 6.58. The molecule has 1 heterocycles. The van der Waals surface area contributed by atoms with Gasteiger partial charge in [-0.3, -0.25) is 0 Å². The Morgan fingerprint density at radius 2 is 1.71 bits per heavy atom. The van der Waals surface area contributed by atoms with E-state index in [1.54, 1.807) is 0 Å². The molecule has 0 radical (unpaired) electrons. The number of hydrogen-bond acceptors (Lipinski definition) is 2. The summed E-state index contributed by atoms with van der Waals surface area (Å²) < 4.78 is 6.58. The lowest BCUT2D eigenvalue weighted by Crippen LogP contribution is -2.34. The van der Waals surface area contributed by atoms with Crippen molar-refractivity contribution >= 4 is 0 Å². The number of nitrogens with one attached hydrogen (secondary N) is 1. The molecule has 21 heavy (non-hydrogen) atoms. The van der Waals surface area contributed by atoms with Gasteiger partial charge in [-0.1, -0.05) is 52.4 Å². The van der Waals surface area contributed by atoms with Gasteiger partial charge in [-0.2, -0.15) is 0 Å². The summed E-state index contributed by atoms with van der Waals surface area (Å²) in [5.74, 6) is 1.80. The normalized spacial score (nSPS) is 30.7. The van der Waals surface area contributed by atoms with E-state index in [0.29, 0.717) is 17.7 Å². The van der Waals surface area contributed by atoms with E-state index in [9.17, 15) is 0 Å². The molecule has 0 aromatic heterocycles. The second kappa shape index (κ2) is 7.00. The van der Waals surface area contributed by atoms with Crippen molar-refractivity contribution in [3.63, 3.8) is 0 Å². The van der Waals surface area contributed by atoms with Crippen LogP contribution in [0.2, 0.25) is 0 Å². The van der Waals surface area contributed by atoms with E-state index in [1.807, 2.05) is 0 Å². The second-order valence-electron chi connectivity index (χ2n) is 8.27. The van der Waals surface area contributed by atoms with Gasteiger partial charge in [0.2, 0.25) is 0 Å². The van der Waals surface area contributed by atoms with Crippen LogP contribution in [0.15, 0.2) is 0 Å². The molecule has 3 aliphatic rings. The van der Waals surface area contributed by atoms with Crippen LogP contribution >= 0.6 is 0 Å². The van der Waals surface area contributed by atoms with E-state index in [4.69, 9.17) is 4.74 Å². The minimum Gasteiger partial charge on any atom is -0.372 e. The van der Waals surface area contributed by atoms with Crippen LogP contribution in [-0.4, -0.2) is 24.3 Å². The molecule has 1 aliphatic heterocycles. The van der Waals surface area contributed by atoms with Crippen molar-refractivity contribution in [3.8, 4) is 0 Å². The molecule has 3 fully saturated rings. The summed E-state index contributed by atoms with van der Waals surface area (Å²) in [4.78, 5) is 0. The molecule has 2 aliphatic carbocycles. The largest absolute Gasteiger partial charge is 0.372 e. The average molecular weight is 293 g/mol. The fourth-order valence-corrected chi connectivity index (χ4v) is 5.04. The van der Waals surface area contributed by atoms with Crippen LogP contribution in [0.1, 0.15) is 84.5 Å². The van der Waals surface area contributed by atoms with Gasteiger partial charge in [0.25, 0.3) is 0 Å². The first kappa shape index (κ1) is 15.8. The van der Waals surface area contributed by atoms with Crippen LogP contribution in [0, 0.1) is 11.8 Å².